The van der Waals surface area contributed by atoms with Crippen LogP contribution in [-0.4, -0.2) is 29.8 Å². The number of aryl methyl sites for hydroxylation is 1. The van der Waals surface area contributed by atoms with Crippen molar-refractivity contribution in [1.29, 1.82) is 0 Å². The molecule has 5 aromatic rings. The summed E-state index contributed by atoms with van der Waals surface area (Å²) < 4.78 is 0. The van der Waals surface area contributed by atoms with Crippen LogP contribution in [0.1, 0.15) is 29.2 Å². The number of hydrogen-bond acceptors (Lipinski definition) is 5. The minimum Gasteiger partial charge on any atom is -0.378 e. The minimum absolute atomic E-state index is 0.0259. The average molecular weight is 518 g/mol. The topological polar surface area (TPSA) is 44.6 Å². The second-order valence-electron chi connectivity index (χ2n) is 9.87. The molecule has 0 N–H and O–H groups in total. The minimum atomic E-state index is -0.0259. The van der Waals surface area contributed by atoms with Crippen molar-refractivity contribution >= 4 is 39.9 Å². The molecule has 4 aromatic carbocycles. The van der Waals surface area contributed by atoms with E-state index in [0.29, 0.717) is 11.0 Å². The van der Waals surface area contributed by atoms with Crippen LogP contribution in [0.15, 0.2) is 102 Å². The summed E-state index contributed by atoms with van der Waals surface area (Å²) in [5.41, 5.74) is 8.35. The van der Waals surface area contributed by atoms with Crippen LogP contribution in [0.3, 0.4) is 0 Å². The molecule has 0 amide bonds. The molecule has 2 heterocycles. The SMILES string of the molecule is Cc1ccc([C@H]2CC(c3cccc(N(C)C)c3)=NN2c2nc(-c3ccccc3)c3cc(Cl)ccc3n2)cc1. The number of benzene rings is 4. The summed E-state index contributed by atoms with van der Waals surface area (Å²) >= 11 is 6.39. The molecule has 0 unspecified atom stereocenters. The molecule has 0 aliphatic carbocycles. The summed E-state index contributed by atoms with van der Waals surface area (Å²) in [6, 6.07) is 33.1. The van der Waals surface area contributed by atoms with Crippen molar-refractivity contribution in [2.24, 2.45) is 5.10 Å². The first-order valence-corrected chi connectivity index (χ1v) is 13.1. The maximum Gasteiger partial charge on any atom is 0.247 e. The van der Waals surface area contributed by atoms with E-state index in [-0.39, 0.29) is 6.04 Å². The molecule has 0 saturated heterocycles. The lowest BCUT2D eigenvalue weighted by molar-refractivity contribution is 0.689. The van der Waals surface area contributed by atoms with E-state index in [2.05, 4.69) is 86.6 Å². The normalized spacial score (nSPS) is 15.1. The van der Waals surface area contributed by atoms with Gasteiger partial charge in [0.05, 0.1) is 23.0 Å². The zero-order valence-electron chi connectivity index (χ0n) is 21.6. The van der Waals surface area contributed by atoms with E-state index in [0.717, 1.165) is 45.5 Å². The standard InChI is InChI=1S/C32H28ClN5/c1-21-12-14-22(15-13-21)30-20-29(24-10-7-11-26(18-24)37(2)3)36-38(30)32-34-28-17-16-25(33)19-27(28)31(35-32)23-8-5-4-6-9-23/h4-19,30H,20H2,1-3H3/t30-/m1/s1. The van der Waals surface area contributed by atoms with Gasteiger partial charge in [0.15, 0.2) is 0 Å². The van der Waals surface area contributed by atoms with Crippen molar-refractivity contribution in [3.8, 4) is 11.3 Å². The van der Waals surface area contributed by atoms with Crippen LogP contribution in [-0.2, 0) is 0 Å². The zero-order valence-corrected chi connectivity index (χ0v) is 22.4. The number of halogens is 1. The van der Waals surface area contributed by atoms with Crippen molar-refractivity contribution in [2.45, 2.75) is 19.4 Å². The molecule has 0 saturated carbocycles. The number of hydrogen-bond donors (Lipinski definition) is 0. The maximum atomic E-state index is 6.39. The van der Waals surface area contributed by atoms with E-state index in [1.807, 2.05) is 41.4 Å². The highest BCUT2D eigenvalue weighted by Crippen LogP contribution is 2.38. The molecule has 1 aromatic heterocycles. The number of aromatic nitrogens is 2. The van der Waals surface area contributed by atoms with Gasteiger partial charge >= 0.3 is 0 Å². The molecule has 1 aliphatic rings. The Morgan fingerprint density at radius 2 is 1.58 bits per heavy atom. The van der Waals surface area contributed by atoms with Crippen LogP contribution >= 0.6 is 11.6 Å². The van der Waals surface area contributed by atoms with Crippen LogP contribution in [0.2, 0.25) is 5.02 Å². The molecule has 6 rings (SSSR count). The van der Waals surface area contributed by atoms with Gasteiger partial charge in [-0.05, 0) is 48.4 Å². The Hall–Kier alpha value is -4.22. The lowest BCUT2D eigenvalue weighted by atomic mass is 9.97. The first-order valence-electron chi connectivity index (χ1n) is 12.7. The molecule has 0 fully saturated rings. The zero-order chi connectivity index (χ0) is 26.2. The Balaban J connectivity index is 1.53. The van der Waals surface area contributed by atoms with Crippen molar-refractivity contribution in [3.05, 3.63) is 119 Å². The Labute approximate surface area is 228 Å². The van der Waals surface area contributed by atoms with Gasteiger partial charge in [0.1, 0.15) is 0 Å². The first kappa shape index (κ1) is 24.1. The third-order valence-corrected chi connectivity index (χ3v) is 7.20. The predicted molar refractivity (Wildman–Crippen MR) is 158 cm³/mol. The quantitative estimate of drug-likeness (QED) is 0.240. The fourth-order valence-corrected chi connectivity index (χ4v) is 5.06. The number of rotatable bonds is 5. The summed E-state index contributed by atoms with van der Waals surface area (Å²) in [6.07, 6.45) is 0.753. The van der Waals surface area contributed by atoms with Crippen molar-refractivity contribution in [2.75, 3.05) is 24.0 Å². The van der Waals surface area contributed by atoms with Crippen molar-refractivity contribution < 1.29 is 0 Å². The molecule has 38 heavy (non-hydrogen) atoms. The first-order chi connectivity index (χ1) is 18.5. The summed E-state index contributed by atoms with van der Waals surface area (Å²) in [5, 5.41) is 8.71. The van der Waals surface area contributed by atoms with E-state index in [1.165, 1.54) is 11.1 Å². The van der Waals surface area contributed by atoms with Gasteiger partial charge in [-0.2, -0.15) is 5.10 Å². The summed E-state index contributed by atoms with van der Waals surface area (Å²) in [5.74, 6) is 0.572. The van der Waals surface area contributed by atoms with Crippen molar-refractivity contribution in [1.82, 2.24) is 9.97 Å². The van der Waals surface area contributed by atoms with E-state index < -0.39 is 0 Å². The summed E-state index contributed by atoms with van der Waals surface area (Å²) in [7, 11) is 4.11. The summed E-state index contributed by atoms with van der Waals surface area (Å²) in [6.45, 7) is 2.11. The van der Waals surface area contributed by atoms with Gasteiger partial charge in [-0.3, -0.25) is 0 Å². The Bertz CT molecular complexity index is 1640. The van der Waals surface area contributed by atoms with Crippen LogP contribution < -0.4 is 9.91 Å². The van der Waals surface area contributed by atoms with Gasteiger partial charge in [-0.15, -0.1) is 0 Å². The second kappa shape index (κ2) is 9.92. The molecule has 6 heteroatoms. The van der Waals surface area contributed by atoms with Gasteiger partial charge in [-0.25, -0.2) is 15.0 Å². The van der Waals surface area contributed by atoms with Crippen LogP contribution in [0.4, 0.5) is 11.6 Å². The highest BCUT2D eigenvalue weighted by Gasteiger charge is 2.32. The van der Waals surface area contributed by atoms with Crippen molar-refractivity contribution in [3.63, 3.8) is 0 Å². The molecular formula is C32H28ClN5. The molecule has 1 atom stereocenters. The monoisotopic (exact) mass is 517 g/mol. The third kappa shape index (κ3) is 4.61. The van der Waals surface area contributed by atoms with Gasteiger partial charge in [0, 0.05) is 42.2 Å². The van der Waals surface area contributed by atoms with Gasteiger partial charge < -0.3 is 4.90 Å². The van der Waals surface area contributed by atoms with Crippen LogP contribution in [0, 0.1) is 6.92 Å². The lowest BCUT2D eigenvalue weighted by Crippen LogP contribution is -2.21. The van der Waals surface area contributed by atoms with E-state index in [9.17, 15) is 0 Å². The average Bonchev–Trinajstić information content (AvgIpc) is 3.39. The highest BCUT2D eigenvalue weighted by molar-refractivity contribution is 6.31. The van der Waals surface area contributed by atoms with Gasteiger partial charge in [-0.1, -0.05) is 83.9 Å². The molecule has 0 bridgehead atoms. The fraction of sp³-hybridized carbons (Fsp3) is 0.156. The molecular weight excluding hydrogens is 490 g/mol. The smallest absolute Gasteiger partial charge is 0.247 e. The molecule has 5 nitrogen and oxygen atoms in total. The summed E-state index contributed by atoms with van der Waals surface area (Å²) in [4.78, 5) is 12.2. The molecule has 0 radical (unpaired) electrons. The van der Waals surface area contributed by atoms with Gasteiger partial charge in [0.25, 0.3) is 0 Å². The maximum absolute atomic E-state index is 6.39. The Morgan fingerprint density at radius 3 is 2.34 bits per heavy atom. The van der Waals surface area contributed by atoms with E-state index in [4.69, 9.17) is 26.7 Å². The number of nitrogens with zero attached hydrogens (tertiary/aromatic N) is 5. The number of fused-ring (bicyclic) bond motifs is 1. The second-order valence-corrected chi connectivity index (χ2v) is 10.3. The highest BCUT2D eigenvalue weighted by atomic mass is 35.5. The molecule has 0 spiro atoms. The van der Waals surface area contributed by atoms with E-state index in [1.54, 1.807) is 0 Å². The number of anilines is 2. The fourth-order valence-electron chi connectivity index (χ4n) is 4.89. The Kier molecular flexibility index (Phi) is 6.30. The lowest BCUT2D eigenvalue weighted by Gasteiger charge is -2.23. The largest absolute Gasteiger partial charge is 0.378 e. The molecule has 188 valence electrons. The van der Waals surface area contributed by atoms with Crippen LogP contribution in [0.25, 0.3) is 22.2 Å². The Morgan fingerprint density at radius 1 is 0.816 bits per heavy atom. The van der Waals surface area contributed by atoms with Crippen LogP contribution in [0.5, 0.6) is 0 Å². The number of hydrazone groups is 1. The van der Waals surface area contributed by atoms with Gasteiger partial charge in [0.2, 0.25) is 5.95 Å². The van der Waals surface area contributed by atoms with E-state index >= 15 is 0 Å². The predicted octanol–water partition coefficient (Wildman–Crippen LogP) is 7.68. The third-order valence-electron chi connectivity index (χ3n) is 6.97. The molecule has 1 aliphatic heterocycles.